The molecule has 1 aliphatic rings. The summed E-state index contributed by atoms with van der Waals surface area (Å²) in [5, 5.41) is 18.7. The molecular weight excluding hydrogens is 504 g/mol. The van der Waals surface area contributed by atoms with Gasteiger partial charge in [0.05, 0.1) is 13.2 Å². The lowest BCUT2D eigenvalue weighted by Gasteiger charge is -2.33. The summed E-state index contributed by atoms with van der Waals surface area (Å²) in [5.74, 6) is -0.497. The van der Waals surface area contributed by atoms with E-state index in [9.17, 15) is 20.1 Å². The van der Waals surface area contributed by atoms with Crippen LogP contribution in [-0.2, 0) is 19.1 Å². The van der Waals surface area contributed by atoms with Crippen molar-refractivity contribution in [2.75, 3.05) is 39.4 Å². The van der Waals surface area contributed by atoms with Crippen LogP contribution in [0, 0.1) is 34.5 Å². The number of rotatable bonds is 18. The Morgan fingerprint density at radius 2 is 1.10 bits per heavy atom. The zero-order chi connectivity index (χ0) is 29.6. The zero-order valence-corrected chi connectivity index (χ0v) is 24.9. The summed E-state index contributed by atoms with van der Waals surface area (Å²) in [4.78, 5) is 28.8. The molecule has 0 amide bonds. The average molecular weight is 553 g/mol. The lowest BCUT2D eigenvalue weighted by molar-refractivity contribution is -0.140. The van der Waals surface area contributed by atoms with Gasteiger partial charge in [0.2, 0.25) is 0 Å². The Hall–Kier alpha value is -3.52. The van der Waals surface area contributed by atoms with Crippen molar-refractivity contribution in [3.8, 4) is 12.1 Å². The Morgan fingerprint density at radius 1 is 0.725 bits per heavy atom. The second-order valence-electron chi connectivity index (χ2n) is 10.2. The molecule has 1 rings (SSSR count). The predicted molar refractivity (Wildman–Crippen MR) is 157 cm³/mol. The maximum absolute atomic E-state index is 12.3. The van der Waals surface area contributed by atoms with Gasteiger partial charge in [-0.1, -0.05) is 66.2 Å². The van der Waals surface area contributed by atoms with Gasteiger partial charge in [0.15, 0.2) is 0 Å². The van der Waals surface area contributed by atoms with Gasteiger partial charge >= 0.3 is 11.9 Å². The highest BCUT2D eigenvalue weighted by atomic mass is 16.5. The molecule has 0 aromatic heterocycles. The Morgan fingerprint density at radius 3 is 1.40 bits per heavy atom. The van der Waals surface area contributed by atoms with Gasteiger partial charge < -0.3 is 19.3 Å². The Labute approximate surface area is 241 Å². The second-order valence-corrected chi connectivity index (χ2v) is 10.2. The molecule has 0 spiro atoms. The van der Waals surface area contributed by atoms with Crippen molar-refractivity contribution >= 4 is 11.9 Å². The van der Waals surface area contributed by atoms with Crippen LogP contribution in [0.2, 0.25) is 0 Å². The molecule has 0 radical (unpaired) electrons. The third-order valence-electron chi connectivity index (χ3n) is 7.14. The topological polar surface area (TPSA) is 107 Å². The molecular formula is C32H48N4O4. The van der Waals surface area contributed by atoms with Gasteiger partial charge in [-0.15, -0.1) is 0 Å². The van der Waals surface area contributed by atoms with Gasteiger partial charge in [-0.2, -0.15) is 10.5 Å². The number of carbonyl (C=O) groups excluding carboxylic acids is 2. The summed E-state index contributed by atoms with van der Waals surface area (Å²) in [6.07, 6.45) is 18.5. The third-order valence-corrected chi connectivity index (χ3v) is 7.14. The molecule has 0 aromatic rings. The zero-order valence-electron chi connectivity index (χ0n) is 24.9. The summed E-state index contributed by atoms with van der Waals surface area (Å²) in [7, 11) is 0. The van der Waals surface area contributed by atoms with E-state index in [1.807, 2.05) is 24.5 Å². The molecule has 1 heterocycles. The third kappa shape index (κ3) is 14.0. The Balaban J connectivity index is 2.52. The van der Waals surface area contributed by atoms with Crippen molar-refractivity contribution in [1.29, 1.82) is 10.5 Å². The monoisotopic (exact) mass is 552 g/mol. The molecule has 0 aliphatic carbocycles. The number of ether oxygens (including phenoxy) is 2. The lowest BCUT2D eigenvalue weighted by atomic mass is 10.0. The maximum atomic E-state index is 12.3. The molecule has 8 nitrogen and oxygen atoms in total. The Kier molecular flexibility index (Phi) is 18.4. The first-order chi connectivity index (χ1) is 19.4. The first-order valence-corrected chi connectivity index (χ1v) is 14.8. The van der Waals surface area contributed by atoms with E-state index in [0.717, 1.165) is 77.5 Å². The number of unbranched alkanes of at least 4 members (excludes halogenated alkanes) is 2. The first kappa shape index (κ1) is 34.5. The van der Waals surface area contributed by atoms with Crippen molar-refractivity contribution < 1.29 is 19.1 Å². The smallest absolute Gasteiger partial charge is 0.348 e. The SMILES string of the molecule is CCCCC(CC)COC(=O)/C(C#N)=C\C=C\N1CCN(/C=C/C=C(\C#N)C(=O)OCC(CC)CCCC)CC1. The quantitative estimate of drug-likeness (QED) is 0.0875. The molecule has 1 fully saturated rings. The van der Waals surface area contributed by atoms with E-state index >= 15 is 0 Å². The van der Waals surface area contributed by atoms with E-state index in [1.165, 1.54) is 12.2 Å². The number of esters is 2. The highest BCUT2D eigenvalue weighted by Crippen LogP contribution is 2.15. The fraction of sp³-hybridized carbons (Fsp3) is 0.625. The van der Waals surface area contributed by atoms with Gasteiger partial charge in [-0.3, -0.25) is 0 Å². The normalized spacial score (nSPS) is 16.1. The number of allylic oxidation sites excluding steroid dienone is 4. The highest BCUT2D eigenvalue weighted by Gasteiger charge is 2.15. The number of nitriles is 2. The number of hydrogen-bond donors (Lipinski definition) is 0. The van der Waals surface area contributed by atoms with Crippen LogP contribution in [0.15, 0.2) is 47.9 Å². The van der Waals surface area contributed by atoms with Crippen LogP contribution < -0.4 is 0 Å². The van der Waals surface area contributed by atoms with Gasteiger partial charge in [0.1, 0.15) is 23.3 Å². The molecule has 0 bridgehead atoms. The van der Waals surface area contributed by atoms with Crippen LogP contribution >= 0.6 is 0 Å². The maximum Gasteiger partial charge on any atom is 0.348 e. The fourth-order valence-electron chi connectivity index (χ4n) is 4.20. The molecule has 0 saturated carbocycles. The van der Waals surface area contributed by atoms with Crippen molar-refractivity contribution in [2.45, 2.75) is 79.1 Å². The predicted octanol–water partition coefficient (Wildman–Crippen LogP) is 6.05. The van der Waals surface area contributed by atoms with E-state index in [1.54, 1.807) is 12.2 Å². The fourth-order valence-corrected chi connectivity index (χ4v) is 4.20. The second kappa shape index (κ2) is 21.3. The van der Waals surface area contributed by atoms with Crippen LogP contribution in [0.4, 0.5) is 0 Å². The molecule has 8 heteroatoms. The van der Waals surface area contributed by atoms with E-state index < -0.39 is 11.9 Å². The molecule has 0 N–H and O–H groups in total. The van der Waals surface area contributed by atoms with Gasteiger partial charge in [-0.05, 0) is 61.4 Å². The lowest BCUT2D eigenvalue weighted by Crippen LogP contribution is -2.41. The van der Waals surface area contributed by atoms with Gasteiger partial charge in [0.25, 0.3) is 0 Å². The summed E-state index contributed by atoms with van der Waals surface area (Å²) in [5.41, 5.74) is -0.0131. The molecule has 1 aliphatic heterocycles. The van der Waals surface area contributed by atoms with Crippen molar-refractivity contribution in [1.82, 2.24) is 9.80 Å². The number of hydrogen-bond acceptors (Lipinski definition) is 8. The molecule has 2 atom stereocenters. The first-order valence-electron chi connectivity index (χ1n) is 14.8. The highest BCUT2D eigenvalue weighted by molar-refractivity contribution is 5.93. The molecule has 220 valence electrons. The Bertz CT molecular complexity index is 884. The summed E-state index contributed by atoms with van der Waals surface area (Å²) < 4.78 is 10.8. The largest absolute Gasteiger partial charge is 0.461 e. The average Bonchev–Trinajstić information content (AvgIpc) is 2.98. The summed E-state index contributed by atoms with van der Waals surface area (Å²) >= 11 is 0. The minimum Gasteiger partial charge on any atom is -0.461 e. The van der Waals surface area contributed by atoms with Crippen LogP contribution in [0.3, 0.4) is 0 Å². The number of nitrogens with zero attached hydrogens (tertiary/aromatic N) is 4. The van der Waals surface area contributed by atoms with Gasteiger partial charge in [-0.25, -0.2) is 9.59 Å². The molecule has 40 heavy (non-hydrogen) atoms. The minimum atomic E-state index is -0.576. The van der Waals surface area contributed by atoms with E-state index in [0.29, 0.717) is 25.0 Å². The number of piperazine rings is 1. The van der Waals surface area contributed by atoms with E-state index in [4.69, 9.17) is 9.47 Å². The summed E-state index contributed by atoms with van der Waals surface area (Å²) in [6.45, 7) is 12.2. The van der Waals surface area contributed by atoms with Crippen LogP contribution in [0.5, 0.6) is 0 Å². The van der Waals surface area contributed by atoms with E-state index in [2.05, 4.69) is 37.5 Å². The van der Waals surface area contributed by atoms with Crippen molar-refractivity contribution in [3.63, 3.8) is 0 Å². The summed E-state index contributed by atoms with van der Waals surface area (Å²) in [6, 6.07) is 3.88. The molecule has 1 saturated heterocycles. The van der Waals surface area contributed by atoms with Crippen LogP contribution in [0.25, 0.3) is 0 Å². The molecule has 0 aromatic carbocycles. The van der Waals surface area contributed by atoms with Crippen LogP contribution in [-0.4, -0.2) is 61.1 Å². The molecule has 2 unspecified atom stereocenters. The van der Waals surface area contributed by atoms with Crippen molar-refractivity contribution in [3.05, 3.63) is 47.9 Å². The van der Waals surface area contributed by atoms with E-state index in [-0.39, 0.29) is 11.1 Å². The van der Waals surface area contributed by atoms with Gasteiger partial charge in [0, 0.05) is 26.2 Å². The minimum absolute atomic E-state index is 0.00653. The van der Waals surface area contributed by atoms with Crippen LogP contribution in [0.1, 0.15) is 79.1 Å². The van der Waals surface area contributed by atoms with Crippen molar-refractivity contribution in [2.24, 2.45) is 11.8 Å². The standard InChI is InChI=1S/C32H48N4O4/c1-5-9-13-27(7-3)25-39-31(37)29(23-33)15-11-17-35-19-21-36(22-20-35)18-12-16-30(24-34)32(38)40-26-28(8-4)14-10-6-2/h11-12,15-18,27-28H,5-10,13-14,19-22,25-26H2,1-4H3/b17-11+,18-12+,29-15-,30-16+. The number of carbonyl (C=O) groups is 2.